The second-order valence-electron chi connectivity index (χ2n) is 4.63. The number of likely N-dealkylation sites (N-methyl/N-ethyl adjacent to an activating group) is 1. The Hall–Kier alpha value is -1.20. The predicted octanol–water partition coefficient (Wildman–Crippen LogP) is 2.95. The molecule has 4 nitrogen and oxygen atoms in total. The number of imidazole rings is 1. The van der Waals surface area contributed by atoms with E-state index in [1.165, 1.54) is 4.88 Å². The van der Waals surface area contributed by atoms with Crippen molar-refractivity contribution >= 4 is 11.3 Å². The molecule has 0 aliphatic heterocycles. The third-order valence-electron chi connectivity index (χ3n) is 3.09. The largest absolute Gasteiger partial charge is 0.335 e. The first-order valence-electron chi connectivity index (χ1n) is 6.90. The first-order chi connectivity index (χ1) is 9.24. The van der Waals surface area contributed by atoms with Crippen molar-refractivity contribution in [1.29, 1.82) is 0 Å². The summed E-state index contributed by atoms with van der Waals surface area (Å²) in [5.41, 5.74) is 0. The number of thiazole rings is 1. The van der Waals surface area contributed by atoms with Crippen LogP contribution in [0.2, 0.25) is 0 Å². The van der Waals surface area contributed by atoms with E-state index in [-0.39, 0.29) is 0 Å². The van der Waals surface area contributed by atoms with Crippen LogP contribution in [0.15, 0.2) is 18.6 Å². The molecule has 0 spiro atoms. The van der Waals surface area contributed by atoms with Crippen LogP contribution in [-0.4, -0.2) is 21.1 Å². The molecule has 2 rings (SSSR count). The zero-order valence-electron chi connectivity index (χ0n) is 11.9. The van der Waals surface area contributed by atoms with Gasteiger partial charge in [0.25, 0.3) is 0 Å². The lowest BCUT2D eigenvalue weighted by Gasteiger charge is -2.16. The minimum absolute atomic E-state index is 0.314. The van der Waals surface area contributed by atoms with E-state index < -0.39 is 0 Å². The van der Waals surface area contributed by atoms with Crippen LogP contribution in [0.1, 0.15) is 42.0 Å². The van der Waals surface area contributed by atoms with Gasteiger partial charge in [-0.15, -0.1) is 11.3 Å². The molecule has 0 aromatic carbocycles. The Morgan fingerprint density at radius 2 is 2.21 bits per heavy atom. The molecule has 0 radical (unpaired) electrons. The van der Waals surface area contributed by atoms with Crippen LogP contribution in [0.4, 0.5) is 0 Å². The Morgan fingerprint density at radius 1 is 1.37 bits per heavy atom. The SMILES string of the molecule is CCCn1ccnc1CC(NCC)c1cnc(C)s1. The maximum Gasteiger partial charge on any atom is 0.110 e. The Morgan fingerprint density at radius 3 is 2.84 bits per heavy atom. The molecule has 104 valence electrons. The summed E-state index contributed by atoms with van der Waals surface area (Å²) in [4.78, 5) is 10.2. The molecule has 19 heavy (non-hydrogen) atoms. The second-order valence-corrected chi connectivity index (χ2v) is 5.90. The number of rotatable bonds is 7. The summed E-state index contributed by atoms with van der Waals surface area (Å²) in [6.07, 6.45) is 8.00. The van der Waals surface area contributed by atoms with E-state index in [1.807, 2.05) is 12.4 Å². The highest BCUT2D eigenvalue weighted by atomic mass is 32.1. The third-order valence-corrected chi connectivity index (χ3v) is 4.11. The van der Waals surface area contributed by atoms with Gasteiger partial charge in [-0.2, -0.15) is 0 Å². The van der Waals surface area contributed by atoms with E-state index in [0.717, 1.165) is 36.8 Å². The summed E-state index contributed by atoms with van der Waals surface area (Å²) >= 11 is 1.77. The van der Waals surface area contributed by atoms with Crippen LogP contribution in [0.25, 0.3) is 0 Å². The lowest BCUT2D eigenvalue weighted by atomic mass is 10.1. The van der Waals surface area contributed by atoms with Crippen LogP contribution in [0.3, 0.4) is 0 Å². The highest BCUT2D eigenvalue weighted by molar-refractivity contribution is 7.11. The highest BCUT2D eigenvalue weighted by Crippen LogP contribution is 2.23. The monoisotopic (exact) mass is 278 g/mol. The molecule has 1 atom stereocenters. The fraction of sp³-hybridized carbons (Fsp3) is 0.571. The van der Waals surface area contributed by atoms with Crippen LogP contribution in [-0.2, 0) is 13.0 Å². The van der Waals surface area contributed by atoms with Crippen molar-refractivity contribution in [3.8, 4) is 0 Å². The Labute approximate surface area is 118 Å². The highest BCUT2D eigenvalue weighted by Gasteiger charge is 2.16. The van der Waals surface area contributed by atoms with Gasteiger partial charge in [-0.3, -0.25) is 0 Å². The molecule has 2 heterocycles. The van der Waals surface area contributed by atoms with Crippen LogP contribution >= 0.6 is 11.3 Å². The maximum absolute atomic E-state index is 4.50. The first kappa shape index (κ1) is 14.2. The van der Waals surface area contributed by atoms with Gasteiger partial charge in [0.15, 0.2) is 0 Å². The molecule has 0 saturated heterocycles. The molecule has 2 aromatic rings. The van der Waals surface area contributed by atoms with E-state index in [2.05, 4.69) is 46.8 Å². The first-order valence-corrected chi connectivity index (χ1v) is 7.72. The topological polar surface area (TPSA) is 42.7 Å². The predicted molar refractivity (Wildman–Crippen MR) is 79.5 cm³/mol. The smallest absolute Gasteiger partial charge is 0.110 e. The van der Waals surface area contributed by atoms with E-state index in [0.29, 0.717) is 6.04 Å². The van der Waals surface area contributed by atoms with Crippen molar-refractivity contribution < 1.29 is 0 Å². The number of aromatic nitrogens is 3. The quantitative estimate of drug-likeness (QED) is 0.846. The van der Waals surface area contributed by atoms with Gasteiger partial charge in [0.2, 0.25) is 0 Å². The molecule has 2 aromatic heterocycles. The van der Waals surface area contributed by atoms with Crippen LogP contribution < -0.4 is 5.32 Å². The van der Waals surface area contributed by atoms with Crippen molar-refractivity contribution in [2.24, 2.45) is 0 Å². The van der Waals surface area contributed by atoms with Crippen LogP contribution in [0.5, 0.6) is 0 Å². The Balaban J connectivity index is 2.14. The van der Waals surface area contributed by atoms with Crippen molar-refractivity contribution in [2.75, 3.05) is 6.54 Å². The van der Waals surface area contributed by atoms with Gasteiger partial charge >= 0.3 is 0 Å². The maximum atomic E-state index is 4.50. The van der Waals surface area contributed by atoms with Crippen LogP contribution in [0, 0.1) is 6.92 Å². The fourth-order valence-electron chi connectivity index (χ4n) is 2.22. The minimum atomic E-state index is 0.314. The zero-order valence-corrected chi connectivity index (χ0v) is 12.7. The van der Waals surface area contributed by atoms with E-state index in [4.69, 9.17) is 0 Å². The van der Waals surface area contributed by atoms with Crippen molar-refractivity contribution in [3.63, 3.8) is 0 Å². The van der Waals surface area contributed by atoms with Crippen molar-refractivity contribution in [3.05, 3.63) is 34.3 Å². The number of hydrogen-bond acceptors (Lipinski definition) is 4. The molecule has 1 N–H and O–H groups in total. The molecule has 0 aliphatic carbocycles. The summed E-state index contributed by atoms with van der Waals surface area (Å²) in [6, 6.07) is 0.314. The molecular weight excluding hydrogens is 256 g/mol. The molecule has 5 heteroatoms. The fourth-order valence-corrected chi connectivity index (χ4v) is 3.08. The summed E-state index contributed by atoms with van der Waals surface area (Å²) in [6.45, 7) is 8.37. The van der Waals surface area contributed by atoms with Gasteiger partial charge in [-0.1, -0.05) is 13.8 Å². The van der Waals surface area contributed by atoms with Gasteiger partial charge in [0.05, 0.1) is 11.0 Å². The summed E-state index contributed by atoms with van der Waals surface area (Å²) in [5.74, 6) is 1.15. The Kier molecular flexibility index (Phi) is 5.10. The van der Waals surface area contributed by atoms with Gasteiger partial charge in [-0.05, 0) is 19.9 Å². The number of nitrogens with one attached hydrogen (secondary N) is 1. The number of hydrogen-bond donors (Lipinski definition) is 1. The molecule has 0 fully saturated rings. The average molecular weight is 278 g/mol. The molecule has 0 bridgehead atoms. The Bertz CT molecular complexity index is 503. The minimum Gasteiger partial charge on any atom is -0.335 e. The van der Waals surface area contributed by atoms with E-state index >= 15 is 0 Å². The summed E-state index contributed by atoms with van der Waals surface area (Å²) < 4.78 is 2.25. The third kappa shape index (κ3) is 3.64. The lowest BCUT2D eigenvalue weighted by molar-refractivity contribution is 0.522. The molecule has 0 amide bonds. The normalized spacial score (nSPS) is 12.8. The standard InChI is InChI=1S/C14H22N4S/c1-4-7-18-8-6-16-14(18)9-12(15-5-2)13-10-17-11(3)19-13/h6,8,10,12,15H,4-5,7,9H2,1-3H3. The molecular formula is C14H22N4S. The van der Waals surface area contributed by atoms with Crippen molar-refractivity contribution in [1.82, 2.24) is 19.9 Å². The van der Waals surface area contributed by atoms with Gasteiger partial charge in [0.1, 0.15) is 5.82 Å². The van der Waals surface area contributed by atoms with Gasteiger partial charge in [-0.25, -0.2) is 9.97 Å². The number of nitrogens with zero attached hydrogens (tertiary/aromatic N) is 3. The zero-order chi connectivity index (χ0) is 13.7. The second kappa shape index (κ2) is 6.82. The molecule has 0 aliphatic rings. The summed E-state index contributed by atoms with van der Waals surface area (Å²) in [7, 11) is 0. The average Bonchev–Trinajstić information content (AvgIpc) is 2.99. The van der Waals surface area contributed by atoms with Crippen molar-refractivity contribution in [2.45, 2.75) is 46.2 Å². The summed E-state index contributed by atoms with van der Waals surface area (Å²) in [5, 5.41) is 4.66. The number of aryl methyl sites for hydroxylation is 2. The van der Waals surface area contributed by atoms with E-state index in [1.54, 1.807) is 11.3 Å². The van der Waals surface area contributed by atoms with Gasteiger partial charge < -0.3 is 9.88 Å². The molecule has 1 unspecified atom stereocenters. The van der Waals surface area contributed by atoms with Gasteiger partial charge in [0, 0.05) is 36.4 Å². The lowest BCUT2D eigenvalue weighted by Crippen LogP contribution is -2.23. The molecule has 0 saturated carbocycles. The van der Waals surface area contributed by atoms with E-state index in [9.17, 15) is 0 Å².